The van der Waals surface area contributed by atoms with E-state index in [0.717, 1.165) is 42.1 Å². The van der Waals surface area contributed by atoms with Gasteiger partial charge >= 0.3 is 0 Å². The molecule has 214 valence electrons. The smallest absolute Gasteiger partial charge is 0.0612 e. The molecule has 0 aliphatic heterocycles. The van der Waals surface area contributed by atoms with Crippen molar-refractivity contribution in [3.8, 4) is 0 Å². The highest BCUT2D eigenvalue weighted by Gasteiger charge is 2.59. The number of rotatable bonds is 14. The predicted octanol–water partition coefficient (Wildman–Crippen LogP) is 11.2. The first-order valence-electron chi connectivity index (χ1n) is 17.1. The van der Waals surface area contributed by atoms with E-state index in [1.165, 1.54) is 116 Å². The zero-order valence-electron chi connectivity index (χ0n) is 26.0. The lowest BCUT2D eigenvalue weighted by molar-refractivity contribution is -0.0641. The molecular formula is C36H64O. The standard InChI is InChI=1S/C36H64O/c1-7-8-9-10-11-12-13-25-37-30-21-23-35(5)29(26-30)17-18-31-33-20-19-32(28(4)16-14-15-27(2)3)36(33,6)24-22-34(31)35/h17,27-28,30-34H,7-16,18-26H2,1-6H3/t28?,30-,31?,32?,33?,34?,35?,36?/m0/s1. The second-order valence-electron chi connectivity index (χ2n) is 15.1. The molecule has 0 radical (unpaired) electrons. The molecule has 1 nitrogen and oxygen atoms in total. The fourth-order valence-corrected chi connectivity index (χ4v) is 10.1. The molecule has 37 heavy (non-hydrogen) atoms. The summed E-state index contributed by atoms with van der Waals surface area (Å²) in [5, 5.41) is 0. The molecule has 0 spiro atoms. The van der Waals surface area contributed by atoms with Gasteiger partial charge in [0.1, 0.15) is 0 Å². The van der Waals surface area contributed by atoms with Crippen molar-refractivity contribution < 1.29 is 4.74 Å². The Balaban J connectivity index is 1.29. The van der Waals surface area contributed by atoms with Crippen LogP contribution in [0.2, 0.25) is 0 Å². The summed E-state index contributed by atoms with van der Waals surface area (Å²) in [7, 11) is 0. The topological polar surface area (TPSA) is 9.23 Å². The summed E-state index contributed by atoms with van der Waals surface area (Å²) in [6, 6.07) is 0. The van der Waals surface area contributed by atoms with E-state index in [-0.39, 0.29) is 0 Å². The van der Waals surface area contributed by atoms with Crippen LogP contribution in [-0.4, -0.2) is 12.7 Å². The SMILES string of the molecule is CCCCCCCCCO[C@H]1CCC2(C)C(=CCC3C2CCC2(C)C(C(C)CCCC(C)C)CCC32)C1. The Bertz CT molecular complexity index is 722. The highest BCUT2D eigenvalue weighted by atomic mass is 16.5. The van der Waals surface area contributed by atoms with Gasteiger partial charge in [-0.2, -0.15) is 0 Å². The number of hydrogen-bond acceptors (Lipinski definition) is 1. The summed E-state index contributed by atoms with van der Waals surface area (Å²) in [4.78, 5) is 0. The molecule has 8 atom stereocenters. The summed E-state index contributed by atoms with van der Waals surface area (Å²) in [6.45, 7) is 16.1. The van der Waals surface area contributed by atoms with E-state index in [9.17, 15) is 0 Å². The van der Waals surface area contributed by atoms with E-state index < -0.39 is 0 Å². The Labute approximate surface area is 232 Å². The lowest BCUT2D eigenvalue weighted by Crippen LogP contribution is -2.51. The van der Waals surface area contributed by atoms with E-state index >= 15 is 0 Å². The van der Waals surface area contributed by atoms with Crippen molar-refractivity contribution in [1.82, 2.24) is 0 Å². The monoisotopic (exact) mass is 512 g/mol. The molecule has 0 N–H and O–H groups in total. The third-order valence-corrected chi connectivity index (χ3v) is 12.4. The Hall–Kier alpha value is -0.300. The van der Waals surface area contributed by atoms with Crippen molar-refractivity contribution in [2.75, 3.05) is 6.61 Å². The normalized spacial score (nSPS) is 38.1. The average molecular weight is 513 g/mol. The van der Waals surface area contributed by atoms with Crippen LogP contribution in [0.1, 0.15) is 157 Å². The summed E-state index contributed by atoms with van der Waals surface area (Å²) >= 11 is 0. The highest BCUT2D eigenvalue weighted by Crippen LogP contribution is 2.67. The van der Waals surface area contributed by atoms with Crippen LogP contribution in [0.3, 0.4) is 0 Å². The molecule has 4 aliphatic carbocycles. The van der Waals surface area contributed by atoms with Crippen molar-refractivity contribution in [3.05, 3.63) is 11.6 Å². The average Bonchev–Trinajstić information content (AvgIpc) is 3.22. The molecule has 0 aromatic rings. The van der Waals surface area contributed by atoms with Gasteiger partial charge in [-0.1, -0.05) is 111 Å². The zero-order chi connectivity index (χ0) is 26.5. The second-order valence-corrected chi connectivity index (χ2v) is 15.1. The van der Waals surface area contributed by atoms with Crippen LogP contribution >= 0.6 is 0 Å². The molecule has 4 aliphatic rings. The summed E-state index contributed by atoms with van der Waals surface area (Å²) < 4.78 is 6.47. The van der Waals surface area contributed by atoms with Crippen molar-refractivity contribution >= 4 is 0 Å². The first-order valence-corrected chi connectivity index (χ1v) is 17.1. The van der Waals surface area contributed by atoms with Crippen LogP contribution in [0.25, 0.3) is 0 Å². The molecule has 3 fully saturated rings. The van der Waals surface area contributed by atoms with E-state index in [0.29, 0.717) is 16.9 Å². The first kappa shape index (κ1) is 29.7. The van der Waals surface area contributed by atoms with Gasteiger partial charge in [0.15, 0.2) is 0 Å². The van der Waals surface area contributed by atoms with Gasteiger partial charge in [0.25, 0.3) is 0 Å². The van der Waals surface area contributed by atoms with Crippen molar-refractivity contribution in [1.29, 1.82) is 0 Å². The maximum Gasteiger partial charge on any atom is 0.0612 e. The van der Waals surface area contributed by atoms with E-state index in [1.54, 1.807) is 5.57 Å². The molecule has 3 saturated carbocycles. The summed E-state index contributed by atoms with van der Waals surface area (Å²) in [5.41, 5.74) is 2.87. The van der Waals surface area contributed by atoms with Crippen LogP contribution in [0, 0.1) is 46.3 Å². The van der Waals surface area contributed by atoms with Crippen LogP contribution in [0.5, 0.6) is 0 Å². The molecule has 0 amide bonds. The third kappa shape index (κ3) is 6.72. The van der Waals surface area contributed by atoms with Gasteiger partial charge in [-0.3, -0.25) is 0 Å². The molecule has 0 bridgehead atoms. The number of hydrogen-bond donors (Lipinski definition) is 0. The molecule has 7 unspecified atom stereocenters. The Morgan fingerprint density at radius 3 is 2.35 bits per heavy atom. The van der Waals surface area contributed by atoms with Crippen molar-refractivity contribution in [2.24, 2.45) is 46.3 Å². The van der Waals surface area contributed by atoms with Crippen LogP contribution in [0.15, 0.2) is 11.6 Å². The van der Waals surface area contributed by atoms with Gasteiger partial charge in [0.2, 0.25) is 0 Å². The Morgan fingerprint density at radius 1 is 0.838 bits per heavy atom. The van der Waals surface area contributed by atoms with Crippen LogP contribution in [-0.2, 0) is 4.74 Å². The lowest BCUT2D eigenvalue weighted by atomic mass is 9.47. The van der Waals surface area contributed by atoms with Crippen LogP contribution < -0.4 is 0 Å². The summed E-state index contributed by atoms with van der Waals surface area (Å²) in [5.74, 6) is 5.61. The van der Waals surface area contributed by atoms with Gasteiger partial charge in [0, 0.05) is 6.61 Å². The molecule has 1 heteroatoms. The number of fused-ring (bicyclic) bond motifs is 5. The number of unbranched alkanes of at least 4 members (excludes halogenated alkanes) is 6. The van der Waals surface area contributed by atoms with Gasteiger partial charge in [0.05, 0.1) is 6.10 Å². The summed E-state index contributed by atoms with van der Waals surface area (Å²) in [6.07, 6.45) is 28.5. The molecule has 0 saturated heterocycles. The van der Waals surface area contributed by atoms with E-state index in [2.05, 4.69) is 47.6 Å². The van der Waals surface area contributed by atoms with Crippen molar-refractivity contribution in [3.63, 3.8) is 0 Å². The molecule has 4 rings (SSSR count). The van der Waals surface area contributed by atoms with Gasteiger partial charge < -0.3 is 4.74 Å². The van der Waals surface area contributed by atoms with Crippen LogP contribution in [0.4, 0.5) is 0 Å². The Morgan fingerprint density at radius 2 is 1.59 bits per heavy atom. The number of ether oxygens (including phenoxy) is 1. The first-order chi connectivity index (χ1) is 17.8. The third-order valence-electron chi connectivity index (χ3n) is 12.4. The molecule has 0 heterocycles. The minimum atomic E-state index is 0.463. The van der Waals surface area contributed by atoms with E-state index in [4.69, 9.17) is 4.74 Å². The fraction of sp³-hybridized carbons (Fsp3) is 0.944. The quantitative estimate of drug-likeness (QED) is 0.166. The number of allylic oxidation sites excluding steroid dienone is 1. The molecular weight excluding hydrogens is 448 g/mol. The minimum absolute atomic E-state index is 0.463. The fourth-order valence-electron chi connectivity index (χ4n) is 10.1. The van der Waals surface area contributed by atoms with Gasteiger partial charge in [-0.15, -0.1) is 0 Å². The van der Waals surface area contributed by atoms with Gasteiger partial charge in [-0.25, -0.2) is 0 Å². The minimum Gasteiger partial charge on any atom is -0.378 e. The largest absolute Gasteiger partial charge is 0.378 e. The lowest BCUT2D eigenvalue weighted by Gasteiger charge is -2.58. The molecule has 0 aromatic heterocycles. The zero-order valence-corrected chi connectivity index (χ0v) is 26.0. The Kier molecular flexibility index (Phi) is 10.7. The van der Waals surface area contributed by atoms with Gasteiger partial charge in [-0.05, 0) is 104 Å². The van der Waals surface area contributed by atoms with E-state index in [1.807, 2.05) is 0 Å². The maximum absolute atomic E-state index is 6.47. The maximum atomic E-state index is 6.47. The van der Waals surface area contributed by atoms with Crippen molar-refractivity contribution in [2.45, 2.75) is 163 Å². The highest BCUT2D eigenvalue weighted by molar-refractivity contribution is 5.25. The second kappa shape index (κ2) is 13.4. The predicted molar refractivity (Wildman–Crippen MR) is 161 cm³/mol. The molecule has 0 aromatic carbocycles.